The maximum Gasteiger partial charge on any atom is 0.270 e. The number of nitrogens with two attached hydrogens (primary N) is 1. The number of carbonyl (C=O) groups excluding carboxylic acids is 1. The third kappa shape index (κ3) is 3.73. The Bertz CT molecular complexity index is 375. The molecule has 4 nitrogen and oxygen atoms in total. The van der Waals surface area contributed by atoms with Crippen molar-refractivity contribution in [3.63, 3.8) is 0 Å². The number of rotatable bonds is 5. The Morgan fingerprint density at radius 2 is 2.12 bits per heavy atom. The molecule has 1 aromatic heterocycles. The van der Waals surface area contributed by atoms with Crippen molar-refractivity contribution in [2.45, 2.75) is 39.7 Å². The lowest BCUT2D eigenvalue weighted by molar-refractivity contribution is 0.0920. The van der Waals surface area contributed by atoms with Crippen molar-refractivity contribution >= 4 is 11.6 Å². The van der Waals surface area contributed by atoms with Crippen LogP contribution in [0.25, 0.3) is 0 Å². The monoisotopic (exact) mass is 235 g/mol. The van der Waals surface area contributed by atoms with E-state index in [2.05, 4.69) is 24.1 Å². The lowest BCUT2D eigenvalue weighted by Gasteiger charge is -2.22. The van der Waals surface area contributed by atoms with Crippen molar-refractivity contribution in [3.05, 3.63) is 24.0 Å². The third-order valence-electron chi connectivity index (χ3n) is 3.13. The zero-order valence-corrected chi connectivity index (χ0v) is 10.7. The summed E-state index contributed by atoms with van der Waals surface area (Å²) in [6, 6.07) is 3.41. The number of nitrogens with zero attached hydrogens (tertiary/aromatic N) is 1. The summed E-state index contributed by atoms with van der Waals surface area (Å²) in [5.41, 5.74) is 6.55. The molecule has 0 aliphatic rings. The summed E-state index contributed by atoms with van der Waals surface area (Å²) in [5, 5.41) is 2.97. The van der Waals surface area contributed by atoms with E-state index < -0.39 is 0 Å². The SMILES string of the molecule is CCC(CC)C(C)NC(=O)c1cc(N)ccn1. The first-order chi connectivity index (χ1) is 8.08. The van der Waals surface area contributed by atoms with Gasteiger partial charge >= 0.3 is 0 Å². The van der Waals surface area contributed by atoms with Gasteiger partial charge in [-0.25, -0.2) is 0 Å². The average Bonchev–Trinajstić information content (AvgIpc) is 2.30. The Balaban J connectivity index is 2.66. The van der Waals surface area contributed by atoms with E-state index in [0.29, 0.717) is 17.3 Å². The van der Waals surface area contributed by atoms with Crippen molar-refractivity contribution in [2.75, 3.05) is 5.73 Å². The summed E-state index contributed by atoms with van der Waals surface area (Å²) in [6.45, 7) is 6.30. The zero-order valence-electron chi connectivity index (χ0n) is 10.7. The first-order valence-corrected chi connectivity index (χ1v) is 6.10. The van der Waals surface area contributed by atoms with E-state index >= 15 is 0 Å². The molecular weight excluding hydrogens is 214 g/mol. The van der Waals surface area contributed by atoms with Crippen LogP contribution in [0.1, 0.15) is 44.1 Å². The molecule has 1 rings (SSSR count). The molecule has 0 fully saturated rings. The van der Waals surface area contributed by atoms with E-state index in [1.54, 1.807) is 18.3 Å². The summed E-state index contributed by atoms with van der Waals surface area (Å²) in [5.74, 6) is 0.344. The van der Waals surface area contributed by atoms with Crippen LogP contribution in [0.4, 0.5) is 5.69 Å². The maximum absolute atomic E-state index is 11.9. The van der Waals surface area contributed by atoms with Gasteiger partial charge in [0.2, 0.25) is 0 Å². The van der Waals surface area contributed by atoms with Crippen LogP contribution >= 0.6 is 0 Å². The van der Waals surface area contributed by atoms with Crippen molar-refractivity contribution in [1.29, 1.82) is 0 Å². The highest BCUT2D eigenvalue weighted by atomic mass is 16.1. The second-order valence-electron chi connectivity index (χ2n) is 4.31. The van der Waals surface area contributed by atoms with Crippen LogP contribution in [0.2, 0.25) is 0 Å². The number of hydrogen-bond acceptors (Lipinski definition) is 3. The van der Waals surface area contributed by atoms with Crippen LogP contribution in [0.15, 0.2) is 18.3 Å². The van der Waals surface area contributed by atoms with Crippen molar-refractivity contribution in [2.24, 2.45) is 5.92 Å². The second kappa shape index (κ2) is 6.23. The van der Waals surface area contributed by atoms with E-state index in [1.807, 2.05) is 6.92 Å². The molecule has 1 atom stereocenters. The van der Waals surface area contributed by atoms with Gasteiger partial charge in [-0.05, 0) is 25.0 Å². The summed E-state index contributed by atoms with van der Waals surface area (Å²) >= 11 is 0. The highest BCUT2D eigenvalue weighted by molar-refractivity contribution is 5.93. The number of nitrogens with one attached hydrogen (secondary N) is 1. The normalized spacial score (nSPS) is 12.5. The molecule has 1 aromatic rings. The van der Waals surface area contributed by atoms with Gasteiger partial charge in [-0.1, -0.05) is 26.7 Å². The lowest BCUT2D eigenvalue weighted by Crippen LogP contribution is -2.38. The lowest BCUT2D eigenvalue weighted by atomic mass is 9.95. The minimum atomic E-state index is -0.156. The number of amides is 1. The topological polar surface area (TPSA) is 68.0 Å². The van der Waals surface area contributed by atoms with Crippen molar-refractivity contribution in [3.8, 4) is 0 Å². The summed E-state index contributed by atoms with van der Waals surface area (Å²) in [6.07, 6.45) is 3.66. The van der Waals surface area contributed by atoms with Crippen LogP contribution in [0.3, 0.4) is 0 Å². The predicted octanol–water partition coefficient (Wildman–Crippen LogP) is 2.22. The van der Waals surface area contributed by atoms with E-state index in [1.165, 1.54) is 0 Å². The van der Waals surface area contributed by atoms with Crippen LogP contribution in [-0.2, 0) is 0 Å². The molecule has 1 heterocycles. The van der Waals surface area contributed by atoms with Gasteiger partial charge in [0, 0.05) is 17.9 Å². The molecule has 0 saturated carbocycles. The van der Waals surface area contributed by atoms with E-state index in [4.69, 9.17) is 5.73 Å². The van der Waals surface area contributed by atoms with Gasteiger partial charge < -0.3 is 11.1 Å². The fourth-order valence-corrected chi connectivity index (χ4v) is 1.97. The Labute approximate surface area is 103 Å². The maximum atomic E-state index is 11.9. The van der Waals surface area contributed by atoms with Gasteiger partial charge in [0.15, 0.2) is 0 Å². The third-order valence-corrected chi connectivity index (χ3v) is 3.13. The Morgan fingerprint density at radius 3 is 2.65 bits per heavy atom. The minimum Gasteiger partial charge on any atom is -0.399 e. The highest BCUT2D eigenvalue weighted by Gasteiger charge is 2.17. The molecule has 0 aromatic carbocycles. The number of aromatic nitrogens is 1. The molecule has 4 heteroatoms. The van der Waals surface area contributed by atoms with Crippen molar-refractivity contribution in [1.82, 2.24) is 10.3 Å². The summed E-state index contributed by atoms with van der Waals surface area (Å²) in [4.78, 5) is 15.9. The summed E-state index contributed by atoms with van der Waals surface area (Å²) in [7, 11) is 0. The number of pyridine rings is 1. The van der Waals surface area contributed by atoms with Crippen LogP contribution < -0.4 is 11.1 Å². The van der Waals surface area contributed by atoms with E-state index in [0.717, 1.165) is 12.8 Å². The average molecular weight is 235 g/mol. The smallest absolute Gasteiger partial charge is 0.270 e. The molecule has 0 bridgehead atoms. The number of nitrogen functional groups attached to an aromatic ring is 1. The van der Waals surface area contributed by atoms with Crippen LogP contribution in [0, 0.1) is 5.92 Å². The zero-order chi connectivity index (χ0) is 12.8. The largest absolute Gasteiger partial charge is 0.399 e. The molecule has 0 radical (unpaired) electrons. The molecule has 3 N–H and O–H groups in total. The molecule has 0 aliphatic heterocycles. The number of anilines is 1. The highest BCUT2D eigenvalue weighted by Crippen LogP contribution is 2.13. The Hall–Kier alpha value is -1.58. The summed E-state index contributed by atoms with van der Waals surface area (Å²) < 4.78 is 0. The number of carbonyl (C=O) groups is 1. The molecule has 0 aliphatic carbocycles. The van der Waals surface area contributed by atoms with Crippen LogP contribution in [-0.4, -0.2) is 16.9 Å². The van der Waals surface area contributed by atoms with E-state index in [9.17, 15) is 4.79 Å². The first kappa shape index (κ1) is 13.5. The quantitative estimate of drug-likeness (QED) is 0.822. The van der Waals surface area contributed by atoms with Gasteiger partial charge in [0.25, 0.3) is 5.91 Å². The molecule has 94 valence electrons. The van der Waals surface area contributed by atoms with Gasteiger partial charge in [0.05, 0.1) is 0 Å². The van der Waals surface area contributed by atoms with Gasteiger partial charge in [-0.15, -0.1) is 0 Å². The van der Waals surface area contributed by atoms with Crippen molar-refractivity contribution < 1.29 is 4.79 Å². The van der Waals surface area contributed by atoms with Gasteiger partial charge in [-0.2, -0.15) is 0 Å². The van der Waals surface area contributed by atoms with Gasteiger partial charge in [-0.3, -0.25) is 9.78 Å². The molecule has 1 amide bonds. The first-order valence-electron chi connectivity index (χ1n) is 6.10. The fourth-order valence-electron chi connectivity index (χ4n) is 1.97. The molecule has 0 saturated heterocycles. The molecule has 1 unspecified atom stereocenters. The number of hydrogen-bond donors (Lipinski definition) is 2. The molecule has 0 spiro atoms. The van der Waals surface area contributed by atoms with Crippen LogP contribution in [0.5, 0.6) is 0 Å². The van der Waals surface area contributed by atoms with Gasteiger partial charge in [0.1, 0.15) is 5.69 Å². The Kier molecular flexibility index (Phi) is 4.94. The standard InChI is InChI=1S/C13H21N3O/c1-4-10(5-2)9(3)16-13(17)12-8-11(14)6-7-15-12/h6-10H,4-5H2,1-3H3,(H2,14,15)(H,16,17). The fraction of sp³-hybridized carbons (Fsp3) is 0.538. The molecule has 17 heavy (non-hydrogen) atoms. The molecular formula is C13H21N3O. The second-order valence-corrected chi connectivity index (χ2v) is 4.31. The van der Waals surface area contributed by atoms with E-state index in [-0.39, 0.29) is 11.9 Å². The predicted molar refractivity (Wildman–Crippen MR) is 69.6 cm³/mol. The minimum absolute atomic E-state index is 0.153. The Morgan fingerprint density at radius 1 is 1.47 bits per heavy atom.